The van der Waals surface area contributed by atoms with E-state index in [1.165, 1.54) is 0 Å². The summed E-state index contributed by atoms with van der Waals surface area (Å²) in [6.07, 6.45) is 0. The monoisotopic (exact) mass is 327 g/mol. The van der Waals surface area contributed by atoms with Gasteiger partial charge in [0.05, 0.1) is 9.92 Å². The summed E-state index contributed by atoms with van der Waals surface area (Å²) in [6.45, 7) is 3.54. The molecule has 0 atom stereocenters. The van der Waals surface area contributed by atoms with E-state index < -0.39 is 15.8 Å². The second-order valence-electron chi connectivity index (χ2n) is 2.92. The summed E-state index contributed by atoms with van der Waals surface area (Å²) >= 11 is 8.51. The molecule has 1 rings (SSSR count). The smallest absolute Gasteiger partial charge is 0.207 e. The summed E-state index contributed by atoms with van der Waals surface area (Å²) in [4.78, 5) is -0.0901. The van der Waals surface area contributed by atoms with Crippen LogP contribution in [0.2, 0.25) is 5.02 Å². The van der Waals surface area contributed by atoms with Crippen molar-refractivity contribution >= 4 is 37.6 Å². The van der Waals surface area contributed by atoms with Gasteiger partial charge in [0, 0.05) is 11.0 Å². The fourth-order valence-corrected chi connectivity index (χ4v) is 2.52. The molecular weight excluding hydrogens is 321 g/mol. The second-order valence-corrected chi connectivity index (χ2v) is 6.21. The van der Waals surface area contributed by atoms with Crippen molar-refractivity contribution in [3.8, 4) is 0 Å². The molecule has 0 amide bonds. The van der Waals surface area contributed by atoms with Gasteiger partial charge in [-0.25, -0.2) is 17.5 Å². The van der Waals surface area contributed by atoms with E-state index >= 15 is 0 Å². The Kier molecular flexibility index (Phi) is 4.49. The Morgan fingerprint density at radius 3 is 2.69 bits per heavy atom. The summed E-state index contributed by atoms with van der Waals surface area (Å²) in [5.41, 5.74) is 0. The summed E-state index contributed by atoms with van der Waals surface area (Å²) in [5.74, 6) is -0.662. The molecule has 0 saturated carbocycles. The first-order valence-corrected chi connectivity index (χ1v) is 6.76. The van der Waals surface area contributed by atoms with Gasteiger partial charge < -0.3 is 0 Å². The van der Waals surface area contributed by atoms with Crippen LogP contribution in [0.15, 0.2) is 34.2 Å². The van der Waals surface area contributed by atoms with Gasteiger partial charge in [0.1, 0.15) is 5.82 Å². The van der Waals surface area contributed by atoms with Crippen LogP contribution in [0.25, 0.3) is 0 Å². The lowest BCUT2D eigenvalue weighted by Crippen LogP contribution is -2.24. The van der Waals surface area contributed by atoms with Crippen molar-refractivity contribution in [2.75, 3.05) is 6.54 Å². The third-order valence-electron chi connectivity index (χ3n) is 1.66. The highest BCUT2D eigenvalue weighted by molar-refractivity contribution is 9.11. The molecule has 0 aliphatic heterocycles. The van der Waals surface area contributed by atoms with Crippen LogP contribution in [-0.4, -0.2) is 15.0 Å². The Morgan fingerprint density at radius 1 is 1.56 bits per heavy atom. The van der Waals surface area contributed by atoms with Gasteiger partial charge in [-0.15, -0.1) is 0 Å². The van der Waals surface area contributed by atoms with Gasteiger partial charge in [0.15, 0.2) is 0 Å². The number of hydrogen-bond acceptors (Lipinski definition) is 2. The first-order valence-electron chi connectivity index (χ1n) is 4.11. The van der Waals surface area contributed by atoms with Gasteiger partial charge in [-0.05, 0) is 18.2 Å². The van der Waals surface area contributed by atoms with Crippen molar-refractivity contribution in [2.24, 2.45) is 0 Å². The van der Waals surface area contributed by atoms with Crippen LogP contribution in [-0.2, 0) is 10.0 Å². The molecule has 1 aromatic rings. The lowest BCUT2D eigenvalue weighted by molar-refractivity contribution is 0.584. The van der Waals surface area contributed by atoms with E-state index in [1.807, 2.05) is 0 Å². The molecule has 0 aromatic heterocycles. The van der Waals surface area contributed by atoms with Crippen molar-refractivity contribution in [1.29, 1.82) is 0 Å². The molecule has 0 spiro atoms. The highest BCUT2D eigenvalue weighted by Crippen LogP contribution is 2.19. The molecule has 16 heavy (non-hydrogen) atoms. The molecule has 1 aromatic carbocycles. The number of benzene rings is 1. The number of hydrogen-bond donors (Lipinski definition) is 1. The number of nitrogens with one attached hydrogen (secondary N) is 1. The molecule has 0 saturated heterocycles. The largest absolute Gasteiger partial charge is 0.240 e. The minimum atomic E-state index is -3.69. The van der Waals surface area contributed by atoms with Crippen molar-refractivity contribution in [3.05, 3.63) is 40.1 Å². The third kappa shape index (κ3) is 3.55. The van der Waals surface area contributed by atoms with Crippen LogP contribution >= 0.6 is 27.5 Å². The van der Waals surface area contributed by atoms with Gasteiger partial charge in [0.2, 0.25) is 10.0 Å². The molecule has 0 fully saturated rings. The lowest BCUT2D eigenvalue weighted by Gasteiger charge is -2.06. The molecule has 0 unspecified atom stereocenters. The minimum absolute atomic E-state index is 0.0529. The Morgan fingerprint density at radius 2 is 2.19 bits per heavy atom. The van der Waals surface area contributed by atoms with Crippen LogP contribution < -0.4 is 4.72 Å². The first kappa shape index (κ1) is 13.6. The molecule has 88 valence electrons. The van der Waals surface area contributed by atoms with Crippen molar-refractivity contribution in [3.63, 3.8) is 0 Å². The quantitative estimate of drug-likeness (QED) is 0.923. The molecule has 0 bridgehead atoms. The van der Waals surface area contributed by atoms with Crippen LogP contribution in [0.5, 0.6) is 0 Å². The molecule has 7 heteroatoms. The molecular formula is C9H8BrClFNO2S. The third-order valence-corrected chi connectivity index (χ3v) is 3.62. The number of halogens is 3. The maximum Gasteiger partial charge on any atom is 0.240 e. The second kappa shape index (κ2) is 5.27. The molecule has 0 aliphatic rings. The first-order chi connectivity index (χ1) is 7.33. The van der Waals surface area contributed by atoms with E-state index in [0.29, 0.717) is 4.48 Å². The Bertz CT molecular complexity index is 518. The normalized spacial score (nSPS) is 11.4. The maximum atomic E-state index is 12.8. The highest BCUT2D eigenvalue weighted by atomic mass is 79.9. The van der Waals surface area contributed by atoms with Gasteiger partial charge in [-0.3, -0.25) is 0 Å². The topological polar surface area (TPSA) is 46.2 Å². The van der Waals surface area contributed by atoms with E-state index in [2.05, 4.69) is 27.2 Å². The summed E-state index contributed by atoms with van der Waals surface area (Å²) < 4.78 is 38.9. The molecule has 0 aliphatic carbocycles. The van der Waals surface area contributed by atoms with E-state index in [1.54, 1.807) is 0 Å². The van der Waals surface area contributed by atoms with E-state index in [9.17, 15) is 12.8 Å². The Hall–Kier alpha value is -0.430. The van der Waals surface area contributed by atoms with Crippen molar-refractivity contribution in [1.82, 2.24) is 4.72 Å². The van der Waals surface area contributed by atoms with Crippen LogP contribution in [0.1, 0.15) is 0 Å². The molecule has 0 heterocycles. The lowest BCUT2D eigenvalue weighted by atomic mass is 10.3. The van der Waals surface area contributed by atoms with E-state index in [-0.39, 0.29) is 16.5 Å². The molecule has 3 nitrogen and oxygen atoms in total. The zero-order chi connectivity index (χ0) is 12.3. The van der Waals surface area contributed by atoms with Crippen LogP contribution in [0.4, 0.5) is 4.39 Å². The molecule has 1 N–H and O–H groups in total. The number of sulfonamides is 1. The average Bonchev–Trinajstić information content (AvgIpc) is 2.19. The predicted octanol–water partition coefficient (Wildman–Crippen LogP) is 2.67. The van der Waals surface area contributed by atoms with Gasteiger partial charge >= 0.3 is 0 Å². The fourth-order valence-electron chi connectivity index (χ4n) is 0.901. The van der Waals surface area contributed by atoms with E-state index in [0.717, 1.165) is 18.2 Å². The Labute approximate surface area is 106 Å². The average molecular weight is 329 g/mol. The predicted molar refractivity (Wildman–Crippen MR) is 64.7 cm³/mol. The highest BCUT2D eigenvalue weighted by Gasteiger charge is 2.15. The van der Waals surface area contributed by atoms with Crippen molar-refractivity contribution in [2.45, 2.75) is 4.90 Å². The minimum Gasteiger partial charge on any atom is -0.207 e. The molecule has 0 radical (unpaired) electrons. The summed E-state index contributed by atoms with van der Waals surface area (Å²) in [7, 11) is -3.69. The standard InChI is InChI=1S/C9H8BrClFNO2S/c1-6(10)5-13-16(14,15)7-2-3-9(12)8(11)4-7/h2-4,13H,1,5H2. The van der Waals surface area contributed by atoms with Crippen molar-refractivity contribution < 1.29 is 12.8 Å². The van der Waals surface area contributed by atoms with Crippen LogP contribution in [0, 0.1) is 5.82 Å². The Balaban J connectivity index is 2.99. The van der Waals surface area contributed by atoms with E-state index in [4.69, 9.17) is 11.6 Å². The van der Waals surface area contributed by atoms with Gasteiger partial charge in [-0.2, -0.15) is 0 Å². The summed E-state index contributed by atoms with van der Waals surface area (Å²) in [6, 6.07) is 3.19. The van der Waals surface area contributed by atoms with Gasteiger partial charge in [-0.1, -0.05) is 34.1 Å². The van der Waals surface area contributed by atoms with Crippen LogP contribution in [0.3, 0.4) is 0 Å². The van der Waals surface area contributed by atoms with Gasteiger partial charge in [0.25, 0.3) is 0 Å². The zero-order valence-corrected chi connectivity index (χ0v) is 11.2. The SMILES string of the molecule is C=C(Br)CNS(=O)(=O)c1ccc(F)c(Cl)c1. The number of rotatable bonds is 4. The summed E-state index contributed by atoms with van der Waals surface area (Å²) in [5, 5.41) is -0.236. The zero-order valence-electron chi connectivity index (χ0n) is 8.00. The maximum absolute atomic E-state index is 12.8. The fraction of sp³-hybridized carbons (Fsp3) is 0.111.